The number of nitrogens with zero attached hydrogens (tertiary/aromatic N) is 3. The zero-order valence-electron chi connectivity index (χ0n) is 14.0. The zero-order chi connectivity index (χ0) is 15.4. The summed E-state index contributed by atoms with van der Waals surface area (Å²) in [5.41, 5.74) is 6.14. The number of carbonyl (C=O) groups is 1. The van der Waals surface area contributed by atoms with Gasteiger partial charge in [0.15, 0.2) is 0 Å². The monoisotopic (exact) mass is 394 g/mol. The Labute approximate surface area is 160 Å². The van der Waals surface area contributed by atoms with Crippen LogP contribution in [-0.2, 0) is 6.42 Å². The van der Waals surface area contributed by atoms with Crippen molar-refractivity contribution in [3.8, 4) is 0 Å². The summed E-state index contributed by atoms with van der Waals surface area (Å²) in [6, 6.07) is 0. The Bertz CT molecular complexity index is 500. The molecule has 0 radical (unpaired) electrons. The number of halogens is 2. The van der Waals surface area contributed by atoms with Crippen molar-refractivity contribution in [2.24, 2.45) is 11.7 Å². The molecule has 24 heavy (non-hydrogen) atoms. The van der Waals surface area contributed by atoms with Crippen LogP contribution in [0.25, 0.3) is 0 Å². The highest BCUT2D eigenvalue weighted by Gasteiger charge is 2.26. The minimum Gasteiger partial charge on any atom is -0.337 e. The summed E-state index contributed by atoms with van der Waals surface area (Å²) in [6.45, 7) is 6.09. The Morgan fingerprint density at radius 1 is 1.21 bits per heavy atom. The van der Waals surface area contributed by atoms with Gasteiger partial charge in [0.25, 0.3) is 5.91 Å². The molecule has 138 valence electrons. The first-order valence-corrected chi connectivity index (χ1v) is 9.30. The first kappa shape index (κ1) is 21.6. The topological polar surface area (TPSA) is 62.5 Å². The maximum atomic E-state index is 12.5. The highest BCUT2D eigenvalue weighted by atomic mass is 35.5. The number of thiazole rings is 1. The highest BCUT2D eigenvalue weighted by Crippen LogP contribution is 2.22. The van der Waals surface area contributed by atoms with E-state index in [-0.39, 0.29) is 30.7 Å². The van der Waals surface area contributed by atoms with Gasteiger partial charge in [0.2, 0.25) is 0 Å². The molecule has 5 nitrogen and oxygen atoms in total. The second-order valence-electron chi connectivity index (χ2n) is 6.41. The maximum absolute atomic E-state index is 12.5. The van der Waals surface area contributed by atoms with Gasteiger partial charge in [0.1, 0.15) is 5.69 Å². The maximum Gasteiger partial charge on any atom is 0.273 e. The van der Waals surface area contributed by atoms with Crippen molar-refractivity contribution < 1.29 is 4.79 Å². The summed E-state index contributed by atoms with van der Waals surface area (Å²) in [7, 11) is 0. The van der Waals surface area contributed by atoms with Crippen LogP contribution in [0.2, 0.25) is 0 Å². The molecule has 0 aromatic carbocycles. The van der Waals surface area contributed by atoms with Gasteiger partial charge in [-0.15, -0.1) is 36.2 Å². The van der Waals surface area contributed by atoms with Gasteiger partial charge in [-0.3, -0.25) is 4.79 Å². The molecular weight excluding hydrogens is 367 g/mol. The van der Waals surface area contributed by atoms with Crippen molar-refractivity contribution in [2.45, 2.75) is 32.1 Å². The number of amides is 1. The largest absolute Gasteiger partial charge is 0.337 e. The first-order valence-electron chi connectivity index (χ1n) is 8.42. The molecule has 2 aliphatic heterocycles. The summed E-state index contributed by atoms with van der Waals surface area (Å²) < 4.78 is 0. The van der Waals surface area contributed by atoms with E-state index < -0.39 is 0 Å². The third-order valence-corrected chi connectivity index (χ3v) is 5.65. The van der Waals surface area contributed by atoms with Crippen LogP contribution in [0.15, 0.2) is 5.38 Å². The van der Waals surface area contributed by atoms with Gasteiger partial charge in [-0.2, -0.15) is 0 Å². The fourth-order valence-corrected chi connectivity index (χ4v) is 4.25. The lowest BCUT2D eigenvalue weighted by Crippen LogP contribution is -2.41. The zero-order valence-corrected chi connectivity index (χ0v) is 16.4. The van der Waals surface area contributed by atoms with Crippen molar-refractivity contribution in [1.82, 2.24) is 14.8 Å². The fourth-order valence-electron chi connectivity index (χ4n) is 3.46. The van der Waals surface area contributed by atoms with Crippen molar-refractivity contribution >= 4 is 42.1 Å². The number of nitrogens with two attached hydrogens (primary N) is 1. The van der Waals surface area contributed by atoms with Crippen molar-refractivity contribution in [3.63, 3.8) is 0 Å². The highest BCUT2D eigenvalue weighted by molar-refractivity contribution is 7.09. The Hall–Kier alpha value is -0.400. The van der Waals surface area contributed by atoms with Gasteiger partial charge in [-0.05, 0) is 51.2 Å². The van der Waals surface area contributed by atoms with Gasteiger partial charge in [0.05, 0.1) is 5.01 Å². The quantitative estimate of drug-likeness (QED) is 0.832. The standard InChI is InChI=1S/C16H26N4OS.2ClH/c17-6-3-15-18-14(12-22-15)16(21)20-9-4-13(5-10-20)11-19-7-1-2-8-19;;/h12-13H,1-11,17H2;2*1H. The predicted molar refractivity (Wildman–Crippen MR) is 104 cm³/mol. The van der Waals surface area contributed by atoms with Gasteiger partial charge < -0.3 is 15.5 Å². The molecule has 2 aliphatic rings. The molecule has 3 heterocycles. The summed E-state index contributed by atoms with van der Waals surface area (Å²) in [5, 5.41) is 2.85. The van der Waals surface area contributed by atoms with E-state index >= 15 is 0 Å². The van der Waals surface area contributed by atoms with E-state index in [0.717, 1.165) is 43.3 Å². The fraction of sp³-hybridized carbons (Fsp3) is 0.750. The molecule has 0 bridgehead atoms. The van der Waals surface area contributed by atoms with Crippen LogP contribution in [0.4, 0.5) is 0 Å². The third kappa shape index (κ3) is 5.56. The number of carbonyl (C=O) groups excluding carboxylic acids is 1. The van der Waals surface area contributed by atoms with Crippen LogP contribution in [0.3, 0.4) is 0 Å². The molecule has 1 aromatic heterocycles. The smallest absolute Gasteiger partial charge is 0.273 e. The van der Waals surface area contributed by atoms with E-state index in [9.17, 15) is 4.79 Å². The Balaban J connectivity index is 0.00000144. The van der Waals surface area contributed by atoms with Gasteiger partial charge in [0, 0.05) is 31.4 Å². The van der Waals surface area contributed by atoms with Gasteiger partial charge in [-0.25, -0.2) is 4.98 Å². The molecule has 2 fully saturated rings. The summed E-state index contributed by atoms with van der Waals surface area (Å²) in [5.74, 6) is 0.851. The van der Waals surface area contributed by atoms with Crippen LogP contribution in [0.5, 0.6) is 0 Å². The van der Waals surface area contributed by atoms with Crippen LogP contribution in [0.1, 0.15) is 41.2 Å². The van der Waals surface area contributed by atoms with Crippen molar-refractivity contribution in [3.05, 3.63) is 16.1 Å². The van der Waals surface area contributed by atoms with Gasteiger partial charge in [-0.1, -0.05) is 0 Å². The van der Waals surface area contributed by atoms with E-state index in [1.54, 1.807) is 11.3 Å². The molecule has 0 atom stereocenters. The first-order chi connectivity index (χ1) is 10.8. The minimum atomic E-state index is 0. The lowest BCUT2D eigenvalue weighted by Gasteiger charge is -2.33. The van der Waals surface area contributed by atoms with E-state index in [4.69, 9.17) is 5.73 Å². The molecule has 0 unspecified atom stereocenters. The second kappa shape index (κ2) is 10.6. The molecule has 0 spiro atoms. The van der Waals surface area contributed by atoms with E-state index in [1.807, 2.05) is 10.3 Å². The molecule has 8 heteroatoms. The molecule has 1 aromatic rings. The molecule has 2 N–H and O–H groups in total. The molecule has 3 rings (SSSR count). The molecule has 0 aliphatic carbocycles. The molecular formula is C16H28Cl2N4OS. The van der Waals surface area contributed by atoms with Crippen molar-refractivity contribution in [2.75, 3.05) is 39.3 Å². The van der Waals surface area contributed by atoms with Crippen LogP contribution in [0, 0.1) is 5.92 Å². The Kier molecular flexibility index (Phi) is 9.52. The molecule has 0 saturated carbocycles. The summed E-state index contributed by atoms with van der Waals surface area (Å²) in [6.07, 6.45) is 5.72. The average Bonchev–Trinajstić information content (AvgIpc) is 3.20. The predicted octanol–water partition coefficient (Wildman–Crippen LogP) is 2.44. The number of rotatable bonds is 5. The van der Waals surface area contributed by atoms with Crippen LogP contribution >= 0.6 is 36.2 Å². The van der Waals surface area contributed by atoms with E-state index in [2.05, 4.69) is 9.88 Å². The second-order valence-corrected chi connectivity index (χ2v) is 7.35. The SMILES string of the molecule is Cl.Cl.NCCc1nc(C(=O)N2CCC(CN3CCCC3)CC2)cs1. The molecule has 1 amide bonds. The lowest BCUT2D eigenvalue weighted by molar-refractivity contribution is 0.0667. The molecule has 2 saturated heterocycles. The number of hydrogen-bond donors (Lipinski definition) is 1. The van der Waals surface area contributed by atoms with Gasteiger partial charge >= 0.3 is 0 Å². The summed E-state index contributed by atoms with van der Waals surface area (Å²) in [4.78, 5) is 21.5. The van der Waals surface area contributed by atoms with E-state index in [0.29, 0.717) is 12.2 Å². The Morgan fingerprint density at radius 2 is 1.88 bits per heavy atom. The normalized spacial score (nSPS) is 19.0. The minimum absolute atomic E-state index is 0. The Morgan fingerprint density at radius 3 is 2.50 bits per heavy atom. The summed E-state index contributed by atoms with van der Waals surface area (Å²) >= 11 is 1.54. The van der Waals surface area contributed by atoms with E-state index in [1.165, 1.54) is 32.5 Å². The van der Waals surface area contributed by atoms with Crippen LogP contribution in [-0.4, -0.2) is 60.0 Å². The third-order valence-electron chi connectivity index (χ3n) is 4.75. The number of aromatic nitrogens is 1. The number of hydrogen-bond acceptors (Lipinski definition) is 5. The number of likely N-dealkylation sites (tertiary alicyclic amines) is 2. The lowest BCUT2D eigenvalue weighted by atomic mass is 9.96. The number of piperidine rings is 1. The van der Waals surface area contributed by atoms with Crippen molar-refractivity contribution in [1.29, 1.82) is 0 Å². The average molecular weight is 395 g/mol. The van der Waals surface area contributed by atoms with Crippen LogP contribution < -0.4 is 5.73 Å².